The zero-order chi connectivity index (χ0) is 10.7. The Morgan fingerprint density at radius 2 is 1.79 bits per heavy atom. The van der Waals surface area contributed by atoms with Gasteiger partial charge >= 0.3 is 0 Å². The molecule has 1 heterocycles. The zero-order valence-electron chi connectivity index (χ0n) is 8.87. The number of nitrogens with two attached hydrogens (primary N) is 1. The number of hydrogen-bond donors (Lipinski definition) is 1. The number of aromatic nitrogens is 2. The van der Waals surface area contributed by atoms with Crippen molar-refractivity contribution >= 4 is 5.82 Å². The molecule has 78 valence electrons. The van der Waals surface area contributed by atoms with Crippen molar-refractivity contribution in [3.05, 3.63) is 5.82 Å². The van der Waals surface area contributed by atoms with Crippen LogP contribution in [0.25, 0.3) is 0 Å². The standard InChI is InChI=1S/C9H15N3O2/c1-5(2)8-11-7(10)6(13-3)9(12-8)14-4/h5H,1-4H3,(H2,10,11,12). The Morgan fingerprint density at radius 3 is 2.21 bits per heavy atom. The minimum Gasteiger partial charge on any atom is -0.489 e. The fourth-order valence-corrected chi connectivity index (χ4v) is 1.05. The van der Waals surface area contributed by atoms with Gasteiger partial charge in [-0.1, -0.05) is 13.8 Å². The number of rotatable bonds is 3. The van der Waals surface area contributed by atoms with Gasteiger partial charge < -0.3 is 15.2 Å². The van der Waals surface area contributed by atoms with E-state index in [-0.39, 0.29) is 5.92 Å². The minimum absolute atomic E-state index is 0.206. The third-order valence-corrected chi connectivity index (χ3v) is 1.79. The smallest absolute Gasteiger partial charge is 0.262 e. The lowest BCUT2D eigenvalue weighted by molar-refractivity contribution is 0.340. The lowest BCUT2D eigenvalue weighted by atomic mass is 10.2. The largest absolute Gasteiger partial charge is 0.489 e. The second kappa shape index (κ2) is 4.13. The summed E-state index contributed by atoms with van der Waals surface area (Å²) >= 11 is 0. The van der Waals surface area contributed by atoms with Gasteiger partial charge in [-0.2, -0.15) is 4.98 Å². The lowest BCUT2D eigenvalue weighted by Crippen LogP contribution is -2.06. The minimum atomic E-state index is 0.206. The molecule has 14 heavy (non-hydrogen) atoms. The van der Waals surface area contributed by atoms with Crippen LogP contribution in [-0.2, 0) is 0 Å². The van der Waals surface area contributed by atoms with Crippen molar-refractivity contribution in [3.8, 4) is 11.6 Å². The average molecular weight is 197 g/mol. The van der Waals surface area contributed by atoms with Gasteiger partial charge in [-0.3, -0.25) is 0 Å². The molecule has 0 saturated heterocycles. The highest BCUT2D eigenvalue weighted by Gasteiger charge is 2.14. The van der Waals surface area contributed by atoms with E-state index in [0.29, 0.717) is 23.3 Å². The van der Waals surface area contributed by atoms with Crippen molar-refractivity contribution in [1.29, 1.82) is 0 Å². The summed E-state index contributed by atoms with van der Waals surface area (Å²) in [7, 11) is 3.03. The van der Waals surface area contributed by atoms with Crippen molar-refractivity contribution in [3.63, 3.8) is 0 Å². The number of nitrogens with zero attached hydrogens (tertiary/aromatic N) is 2. The van der Waals surface area contributed by atoms with Crippen molar-refractivity contribution in [2.24, 2.45) is 0 Å². The Balaban J connectivity index is 3.24. The molecule has 1 aromatic heterocycles. The van der Waals surface area contributed by atoms with Gasteiger partial charge in [0.15, 0.2) is 5.82 Å². The SMILES string of the molecule is COc1nc(C(C)C)nc(N)c1OC. The van der Waals surface area contributed by atoms with Crippen LogP contribution < -0.4 is 15.2 Å². The van der Waals surface area contributed by atoms with E-state index in [1.165, 1.54) is 14.2 Å². The molecule has 0 amide bonds. The first kappa shape index (κ1) is 10.6. The second-order valence-corrected chi connectivity index (χ2v) is 3.16. The van der Waals surface area contributed by atoms with E-state index in [9.17, 15) is 0 Å². The van der Waals surface area contributed by atoms with Crippen LogP contribution in [-0.4, -0.2) is 24.2 Å². The molecule has 0 aromatic carbocycles. The molecule has 5 heteroatoms. The highest BCUT2D eigenvalue weighted by atomic mass is 16.5. The van der Waals surface area contributed by atoms with E-state index in [0.717, 1.165) is 0 Å². The van der Waals surface area contributed by atoms with Crippen molar-refractivity contribution in [1.82, 2.24) is 9.97 Å². The number of methoxy groups -OCH3 is 2. The third-order valence-electron chi connectivity index (χ3n) is 1.79. The van der Waals surface area contributed by atoms with Gasteiger partial charge in [0.25, 0.3) is 5.88 Å². The van der Waals surface area contributed by atoms with Crippen LogP contribution in [0.5, 0.6) is 11.6 Å². The van der Waals surface area contributed by atoms with Crippen molar-refractivity contribution in [2.45, 2.75) is 19.8 Å². The van der Waals surface area contributed by atoms with E-state index in [2.05, 4.69) is 9.97 Å². The molecule has 0 aliphatic rings. The molecule has 0 spiro atoms. The predicted molar refractivity (Wildman–Crippen MR) is 53.6 cm³/mol. The Bertz CT molecular complexity index is 326. The normalized spacial score (nSPS) is 10.4. The molecule has 1 rings (SSSR count). The van der Waals surface area contributed by atoms with E-state index >= 15 is 0 Å². The summed E-state index contributed by atoms with van der Waals surface area (Å²) in [5.41, 5.74) is 5.69. The second-order valence-electron chi connectivity index (χ2n) is 3.16. The Morgan fingerprint density at radius 1 is 1.14 bits per heavy atom. The summed E-state index contributed by atoms with van der Waals surface area (Å²) in [6, 6.07) is 0. The highest BCUT2D eigenvalue weighted by molar-refractivity contribution is 5.52. The van der Waals surface area contributed by atoms with Gasteiger partial charge in [-0.15, -0.1) is 0 Å². The van der Waals surface area contributed by atoms with Gasteiger partial charge in [0, 0.05) is 5.92 Å². The van der Waals surface area contributed by atoms with Crippen LogP contribution in [0.4, 0.5) is 5.82 Å². The van der Waals surface area contributed by atoms with Gasteiger partial charge in [0.2, 0.25) is 5.75 Å². The average Bonchev–Trinajstić information content (AvgIpc) is 2.16. The first-order valence-electron chi connectivity index (χ1n) is 4.35. The molecule has 0 fully saturated rings. The fourth-order valence-electron chi connectivity index (χ4n) is 1.05. The maximum absolute atomic E-state index is 5.69. The number of hydrogen-bond acceptors (Lipinski definition) is 5. The molecular weight excluding hydrogens is 182 g/mol. The third kappa shape index (κ3) is 1.86. The predicted octanol–water partition coefficient (Wildman–Crippen LogP) is 1.20. The van der Waals surface area contributed by atoms with E-state index in [1.807, 2.05) is 13.8 Å². The summed E-state index contributed by atoms with van der Waals surface area (Å²) in [5, 5.41) is 0. The van der Waals surface area contributed by atoms with Crippen LogP contribution in [0.3, 0.4) is 0 Å². The molecule has 0 saturated carbocycles. The topological polar surface area (TPSA) is 70.3 Å². The Labute approximate surface area is 83.3 Å². The monoisotopic (exact) mass is 197 g/mol. The lowest BCUT2D eigenvalue weighted by Gasteiger charge is -2.11. The molecule has 5 nitrogen and oxygen atoms in total. The summed E-state index contributed by atoms with van der Waals surface area (Å²) in [6.07, 6.45) is 0. The molecule has 2 N–H and O–H groups in total. The van der Waals surface area contributed by atoms with Gasteiger partial charge in [-0.25, -0.2) is 4.98 Å². The Kier molecular flexibility index (Phi) is 3.11. The summed E-state index contributed by atoms with van der Waals surface area (Å²) in [5.74, 6) is 1.93. The highest BCUT2D eigenvalue weighted by Crippen LogP contribution is 2.30. The quantitative estimate of drug-likeness (QED) is 0.788. The maximum atomic E-state index is 5.69. The van der Waals surface area contributed by atoms with E-state index < -0.39 is 0 Å². The van der Waals surface area contributed by atoms with Crippen molar-refractivity contribution in [2.75, 3.05) is 20.0 Å². The first-order valence-corrected chi connectivity index (χ1v) is 4.35. The van der Waals surface area contributed by atoms with Gasteiger partial charge in [-0.05, 0) is 0 Å². The molecule has 0 aliphatic carbocycles. The molecule has 0 bridgehead atoms. The molecular formula is C9H15N3O2. The van der Waals surface area contributed by atoms with Gasteiger partial charge in [0.1, 0.15) is 5.82 Å². The van der Waals surface area contributed by atoms with Crippen LogP contribution >= 0.6 is 0 Å². The fraction of sp³-hybridized carbons (Fsp3) is 0.556. The summed E-state index contributed by atoms with van der Waals surface area (Å²) < 4.78 is 10.1. The van der Waals surface area contributed by atoms with E-state index in [1.54, 1.807) is 0 Å². The first-order chi connectivity index (χ1) is 6.60. The van der Waals surface area contributed by atoms with Crippen molar-refractivity contribution < 1.29 is 9.47 Å². The van der Waals surface area contributed by atoms with Gasteiger partial charge in [0.05, 0.1) is 14.2 Å². The van der Waals surface area contributed by atoms with Crippen LogP contribution in [0.1, 0.15) is 25.6 Å². The van der Waals surface area contributed by atoms with Crippen LogP contribution in [0.2, 0.25) is 0 Å². The summed E-state index contributed by atoms with van der Waals surface area (Å²) in [6.45, 7) is 3.97. The molecule has 0 unspecified atom stereocenters. The van der Waals surface area contributed by atoms with Crippen LogP contribution in [0, 0.1) is 0 Å². The number of ether oxygens (including phenoxy) is 2. The maximum Gasteiger partial charge on any atom is 0.262 e. The van der Waals surface area contributed by atoms with Crippen LogP contribution in [0.15, 0.2) is 0 Å². The molecule has 0 atom stereocenters. The molecule has 0 aliphatic heterocycles. The molecule has 1 aromatic rings. The molecule has 0 radical (unpaired) electrons. The number of anilines is 1. The zero-order valence-corrected chi connectivity index (χ0v) is 8.87. The van der Waals surface area contributed by atoms with E-state index in [4.69, 9.17) is 15.2 Å². The number of nitrogen functional groups attached to an aromatic ring is 1. The Hall–Kier alpha value is -1.52. The summed E-state index contributed by atoms with van der Waals surface area (Å²) in [4.78, 5) is 8.30.